The zero-order valence-corrected chi connectivity index (χ0v) is 20.5. The van der Waals surface area contributed by atoms with E-state index in [-0.39, 0.29) is 40.8 Å². The van der Waals surface area contributed by atoms with Crippen LogP contribution in [0.1, 0.15) is 55.9 Å². The molecule has 1 spiro atoms. The number of likely N-dealkylation sites (N-methyl/N-ethyl adjacent to an activating group) is 1. The normalized spacial score (nSPS) is 25.9. The summed E-state index contributed by atoms with van der Waals surface area (Å²) < 4.78 is 19.4. The molecule has 0 radical (unpaired) electrons. The molecule has 2 amide bonds. The number of aromatic nitrogens is 3. The largest absolute Gasteiger partial charge is 0.481 e. The molecule has 9 nitrogen and oxygen atoms in total. The van der Waals surface area contributed by atoms with Crippen LogP contribution in [0.5, 0.6) is 5.88 Å². The number of likely N-dealkylation sites (tertiary alicyclic amines) is 2. The van der Waals surface area contributed by atoms with E-state index in [4.69, 9.17) is 4.74 Å². The zero-order chi connectivity index (χ0) is 24.7. The highest BCUT2D eigenvalue weighted by molar-refractivity contribution is 5.94. The SMILES string of the molecule is COc1cc(-c2cc(C(=O)N3CCC(C(=O)N[C@H]4CC[C@H](C)N(C)C4)CC34CC4)[nH]n2)c(F)cn1. The molecule has 3 aliphatic rings. The highest BCUT2D eigenvalue weighted by atomic mass is 19.1. The van der Waals surface area contributed by atoms with E-state index >= 15 is 0 Å². The Morgan fingerprint density at radius 2 is 2.06 bits per heavy atom. The minimum atomic E-state index is -0.541. The maximum atomic E-state index is 14.3. The van der Waals surface area contributed by atoms with E-state index in [0.29, 0.717) is 36.8 Å². The molecule has 1 aliphatic carbocycles. The summed E-state index contributed by atoms with van der Waals surface area (Å²) in [6.45, 7) is 3.61. The second kappa shape index (κ2) is 9.22. The van der Waals surface area contributed by atoms with E-state index < -0.39 is 5.82 Å². The Kier molecular flexibility index (Phi) is 6.25. The van der Waals surface area contributed by atoms with Crippen molar-refractivity contribution in [2.24, 2.45) is 5.92 Å². The molecule has 2 saturated heterocycles. The van der Waals surface area contributed by atoms with Crippen molar-refractivity contribution in [1.29, 1.82) is 0 Å². The van der Waals surface area contributed by atoms with Gasteiger partial charge in [-0.1, -0.05) is 0 Å². The van der Waals surface area contributed by atoms with Gasteiger partial charge in [0.1, 0.15) is 5.69 Å². The van der Waals surface area contributed by atoms with Crippen molar-refractivity contribution in [3.8, 4) is 17.1 Å². The number of methoxy groups -OCH3 is 1. The van der Waals surface area contributed by atoms with Crippen LogP contribution in [-0.4, -0.2) is 81.7 Å². The van der Waals surface area contributed by atoms with Gasteiger partial charge in [0.05, 0.1) is 19.0 Å². The minimum Gasteiger partial charge on any atom is -0.481 e. The fraction of sp³-hybridized carbons (Fsp3) is 0.600. The third-order valence-electron chi connectivity index (χ3n) is 8.01. The summed E-state index contributed by atoms with van der Waals surface area (Å²) in [6, 6.07) is 3.76. The van der Waals surface area contributed by atoms with E-state index in [1.807, 2.05) is 4.90 Å². The fourth-order valence-corrected chi connectivity index (χ4v) is 5.51. The topological polar surface area (TPSA) is 103 Å². The summed E-state index contributed by atoms with van der Waals surface area (Å²) in [4.78, 5) is 34.5. The van der Waals surface area contributed by atoms with E-state index in [9.17, 15) is 14.0 Å². The fourth-order valence-electron chi connectivity index (χ4n) is 5.51. The molecule has 188 valence electrons. The summed E-state index contributed by atoms with van der Waals surface area (Å²) >= 11 is 0. The van der Waals surface area contributed by atoms with Crippen LogP contribution in [0.3, 0.4) is 0 Å². The number of amides is 2. The highest BCUT2D eigenvalue weighted by Crippen LogP contribution is 2.50. The summed E-state index contributed by atoms with van der Waals surface area (Å²) in [5.74, 6) is -0.405. The quantitative estimate of drug-likeness (QED) is 0.676. The maximum Gasteiger partial charge on any atom is 0.272 e. The summed E-state index contributed by atoms with van der Waals surface area (Å²) in [5.41, 5.74) is 0.568. The first-order chi connectivity index (χ1) is 16.8. The monoisotopic (exact) mass is 484 g/mol. The highest BCUT2D eigenvalue weighted by Gasteiger charge is 2.54. The van der Waals surface area contributed by atoms with Gasteiger partial charge in [0.15, 0.2) is 5.82 Å². The molecule has 2 N–H and O–H groups in total. The Hall–Kier alpha value is -3.01. The second-order valence-electron chi connectivity index (χ2n) is 10.3. The van der Waals surface area contributed by atoms with Gasteiger partial charge in [0, 0.05) is 48.3 Å². The molecular weight excluding hydrogens is 451 g/mol. The van der Waals surface area contributed by atoms with Crippen LogP contribution in [0.25, 0.3) is 11.3 Å². The van der Waals surface area contributed by atoms with Crippen LogP contribution in [-0.2, 0) is 4.79 Å². The average Bonchev–Trinajstić information content (AvgIpc) is 3.42. The first-order valence-electron chi connectivity index (χ1n) is 12.4. The molecule has 2 aromatic heterocycles. The van der Waals surface area contributed by atoms with Gasteiger partial charge >= 0.3 is 0 Å². The van der Waals surface area contributed by atoms with Gasteiger partial charge < -0.3 is 19.9 Å². The molecular formula is C25H33FN6O3. The number of piperidine rings is 2. The van der Waals surface area contributed by atoms with Crippen LogP contribution in [0.2, 0.25) is 0 Å². The van der Waals surface area contributed by atoms with E-state index in [1.54, 1.807) is 6.07 Å². The molecule has 10 heteroatoms. The van der Waals surface area contributed by atoms with Crippen molar-refractivity contribution in [3.05, 3.63) is 29.8 Å². The maximum absolute atomic E-state index is 14.3. The average molecular weight is 485 g/mol. The number of carbonyl (C=O) groups excluding carboxylic acids is 2. The van der Waals surface area contributed by atoms with Crippen molar-refractivity contribution in [2.75, 3.05) is 27.2 Å². The van der Waals surface area contributed by atoms with Gasteiger partial charge in [-0.3, -0.25) is 14.7 Å². The van der Waals surface area contributed by atoms with E-state index in [0.717, 1.165) is 38.4 Å². The number of nitrogens with zero attached hydrogens (tertiary/aromatic N) is 4. The van der Waals surface area contributed by atoms with Gasteiger partial charge in [-0.2, -0.15) is 5.10 Å². The predicted octanol–water partition coefficient (Wildman–Crippen LogP) is 2.60. The zero-order valence-electron chi connectivity index (χ0n) is 20.5. The number of aromatic amines is 1. The van der Waals surface area contributed by atoms with Crippen molar-refractivity contribution in [3.63, 3.8) is 0 Å². The first kappa shape index (κ1) is 23.7. The minimum absolute atomic E-state index is 0.0816. The lowest BCUT2D eigenvalue weighted by molar-refractivity contribution is -0.128. The summed E-state index contributed by atoms with van der Waals surface area (Å²) in [5, 5.41) is 10.2. The number of rotatable bonds is 5. The lowest BCUT2D eigenvalue weighted by Crippen LogP contribution is -2.54. The molecule has 0 aromatic carbocycles. The molecule has 1 saturated carbocycles. The van der Waals surface area contributed by atoms with Crippen LogP contribution in [0.15, 0.2) is 18.3 Å². The van der Waals surface area contributed by atoms with Gasteiger partial charge in [-0.15, -0.1) is 0 Å². The Balaban J connectivity index is 1.24. The molecule has 3 fully saturated rings. The number of pyridine rings is 1. The number of hydrogen-bond acceptors (Lipinski definition) is 6. The van der Waals surface area contributed by atoms with E-state index in [2.05, 4.69) is 39.4 Å². The predicted molar refractivity (Wildman–Crippen MR) is 127 cm³/mol. The van der Waals surface area contributed by atoms with E-state index in [1.165, 1.54) is 13.2 Å². The smallest absolute Gasteiger partial charge is 0.272 e. The third-order valence-corrected chi connectivity index (χ3v) is 8.01. The van der Waals surface area contributed by atoms with Crippen LogP contribution in [0, 0.1) is 11.7 Å². The van der Waals surface area contributed by atoms with Crippen molar-refractivity contribution >= 4 is 11.8 Å². The lowest BCUT2D eigenvalue weighted by Gasteiger charge is -2.41. The third kappa shape index (κ3) is 4.63. The molecule has 5 rings (SSSR count). The van der Waals surface area contributed by atoms with Crippen molar-refractivity contribution in [2.45, 2.75) is 63.1 Å². The van der Waals surface area contributed by atoms with Crippen molar-refractivity contribution in [1.82, 2.24) is 30.3 Å². The number of nitrogens with one attached hydrogen (secondary N) is 2. The van der Waals surface area contributed by atoms with Gasteiger partial charge in [-0.25, -0.2) is 9.37 Å². The summed E-state index contributed by atoms with van der Waals surface area (Å²) in [6.07, 6.45) is 6.26. The lowest BCUT2D eigenvalue weighted by atomic mass is 9.87. The Labute approximate surface area is 204 Å². The Morgan fingerprint density at radius 1 is 1.26 bits per heavy atom. The molecule has 35 heavy (non-hydrogen) atoms. The van der Waals surface area contributed by atoms with Gasteiger partial charge in [-0.05, 0) is 58.6 Å². The van der Waals surface area contributed by atoms with Crippen LogP contribution >= 0.6 is 0 Å². The van der Waals surface area contributed by atoms with Crippen LogP contribution in [0.4, 0.5) is 4.39 Å². The Morgan fingerprint density at radius 3 is 2.77 bits per heavy atom. The Bertz CT molecular complexity index is 1120. The first-order valence-corrected chi connectivity index (χ1v) is 12.4. The molecule has 2 aromatic rings. The molecule has 2 aliphatic heterocycles. The number of halogens is 1. The molecule has 4 heterocycles. The second-order valence-corrected chi connectivity index (χ2v) is 10.3. The van der Waals surface area contributed by atoms with Crippen molar-refractivity contribution < 1.29 is 18.7 Å². The molecule has 3 atom stereocenters. The summed E-state index contributed by atoms with van der Waals surface area (Å²) in [7, 11) is 3.56. The molecule has 1 unspecified atom stereocenters. The number of ether oxygens (including phenoxy) is 1. The van der Waals surface area contributed by atoms with Gasteiger partial charge in [0.25, 0.3) is 5.91 Å². The number of carbonyl (C=O) groups is 2. The standard InChI is InChI=1S/C25H33FN6O3/c1-15-4-5-17(14-31(15)2)28-23(33)16-6-9-32(25(12-16)7-8-25)24(34)21-11-20(29-30-21)18-10-22(35-3)27-13-19(18)26/h10-11,13,15-17H,4-9,12,14H2,1-3H3,(H,28,33)(H,29,30)/t15-,16?,17-/m0/s1. The number of H-pyrrole nitrogens is 1. The number of hydrogen-bond donors (Lipinski definition) is 2. The van der Waals surface area contributed by atoms with Crippen LogP contribution < -0.4 is 10.1 Å². The van der Waals surface area contributed by atoms with Gasteiger partial charge in [0.2, 0.25) is 11.8 Å². The molecule has 0 bridgehead atoms.